The van der Waals surface area contributed by atoms with Gasteiger partial charge in [-0.2, -0.15) is 4.31 Å². The monoisotopic (exact) mass is 381 g/mol. The summed E-state index contributed by atoms with van der Waals surface area (Å²) in [6, 6.07) is 6.86. The Morgan fingerprint density at radius 2 is 1.81 bits per heavy atom. The molecule has 0 aromatic heterocycles. The van der Waals surface area contributed by atoms with E-state index in [9.17, 15) is 13.2 Å². The maximum absolute atomic E-state index is 12.7. The van der Waals surface area contributed by atoms with Crippen molar-refractivity contribution in [2.45, 2.75) is 51.0 Å². The summed E-state index contributed by atoms with van der Waals surface area (Å²) < 4.78 is 26.9. The van der Waals surface area contributed by atoms with Crippen molar-refractivity contribution in [1.29, 1.82) is 0 Å². The van der Waals surface area contributed by atoms with Crippen molar-refractivity contribution in [2.75, 3.05) is 19.6 Å². The second kappa shape index (κ2) is 8.97. The summed E-state index contributed by atoms with van der Waals surface area (Å²) in [6.07, 6.45) is 1.93. The smallest absolute Gasteiger partial charge is 0.243 e. The van der Waals surface area contributed by atoms with Crippen LogP contribution in [0.15, 0.2) is 29.2 Å². The fraction of sp³-hybridized carbons (Fsp3) is 0.632. The van der Waals surface area contributed by atoms with Gasteiger partial charge < -0.3 is 11.1 Å². The van der Waals surface area contributed by atoms with Gasteiger partial charge in [0.15, 0.2) is 0 Å². The Bertz CT molecular complexity index is 693. The molecule has 6 nitrogen and oxygen atoms in total. The normalized spacial score (nSPS) is 18.0. The van der Waals surface area contributed by atoms with E-state index in [2.05, 4.69) is 19.2 Å². The number of carbonyl (C=O) groups is 1. The summed E-state index contributed by atoms with van der Waals surface area (Å²) in [6.45, 7) is 7.28. The molecule has 0 aliphatic carbocycles. The van der Waals surface area contributed by atoms with E-state index in [1.807, 2.05) is 6.92 Å². The lowest BCUT2D eigenvalue weighted by molar-refractivity contribution is -0.126. The highest BCUT2D eigenvalue weighted by molar-refractivity contribution is 7.89. The molecule has 1 fully saturated rings. The highest BCUT2D eigenvalue weighted by atomic mass is 32.2. The molecule has 1 aromatic rings. The van der Waals surface area contributed by atoms with Crippen molar-refractivity contribution in [1.82, 2.24) is 9.62 Å². The van der Waals surface area contributed by atoms with Crippen LogP contribution in [0.4, 0.5) is 0 Å². The van der Waals surface area contributed by atoms with Gasteiger partial charge in [0.1, 0.15) is 0 Å². The Balaban J connectivity index is 1.93. The number of nitrogens with zero attached hydrogens (tertiary/aromatic N) is 1. The molecule has 1 saturated heterocycles. The first-order valence-corrected chi connectivity index (χ1v) is 10.7. The number of benzene rings is 1. The second-order valence-electron chi connectivity index (χ2n) is 7.56. The summed E-state index contributed by atoms with van der Waals surface area (Å²) in [7, 11) is -3.49. The molecule has 26 heavy (non-hydrogen) atoms. The van der Waals surface area contributed by atoms with Gasteiger partial charge in [-0.3, -0.25) is 4.79 Å². The third kappa shape index (κ3) is 5.28. The molecule has 1 aromatic carbocycles. The number of carbonyl (C=O) groups excluding carboxylic acids is 1. The molecule has 2 rings (SSSR count). The van der Waals surface area contributed by atoms with Crippen LogP contribution >= 0.6 is 0 Å². The molecule has 1 aliphatic rings. The molecule has 1 aliphatic heterocycles. The Labute approximate surface area is 157 Å². The Morgan fingerprint density at radius 3 is 2.31 bits per heavy atom. The van der Waals surface area contributed by atoms with E-state index in [1.54, 1.807) is 24.3 Å². The van der Waals surface area contributed by atoms with Crippen LogP contribution in [0, 0.1) is 18.8 Å². The molecule has 1 unspecified atom stereocenters. The molecule has 3 N–H and O–H groups in total. The Hall–Kier alpha value is -1.44. The lowest BCUT2D eigenvalue weighted by Crippen LogP contribution is -2.47. The lowest BCUT2D eigenvalue weighted by Gasteiger charge is -2.31. The van der Waals surface area contributed by atoms with Gasteiger partial charge in [0.2, 0.25) is 15.9 Å². The molecule has 0 bridgehead atoms. The summed E-state index contributed by atoms with van der Waals surface area (Å²) >= 11 is 0. The quantitative estimate of drug-likeness (QED) is 0.754. The topological polar surface area (TPSA) is 92.5 Å². The number of hydrogen-bond acceptors (Lipinski definition) is 4. The lowest BCUT2D eigenvalue weighted by atomic mass is 9.96. The molecule has 1 atom stereocenters. The highest BCUT2D eigenvalue weighted by Gasteiger charge is 2.32. The molecule has 1 amide bonds. The number of rotatable bonds is 7. The average Bonchev–Trinajstić information content (AvgIpc) is 2.61. The standard InChI is InChI=1S/C19H31N3O3S/c1-14(2)12-17(13-20)21-19(23)16-8-10-22(11-9-16)26(24,25)18-6-4-15(3)5-7-18/h4-7,14,16-17H,8-13,20H2,1-3H3,(H,21,23). The van der Waals surface area contributed by atoms with E-state index >= 15 is 0 Å². The van der Waals surface area contributed by atoms with Crippen molar-refractivity contribution in [3.8, 4) is 0 Å². The summed E-state index contributed by atoms with van der Waals surface area (Å²) in [4.78, 5) is 12.8. The van der Waals surface area contributed by atoms with E-state index < -0.39 is 10.0 Å². The molecule has 146 valence electrons. The van der Waals surface area contributed by atoms with Crippen LogP contribution in [-0.2, 0) is 14.8 Å². The van der Waals surface area contributed by atoms with Crippen LogP contribution in [-0.4, -0.2) is 44.3 Å². The van der Waals surface area contributed by atoms with Gasteiger partial charge in [-0.05, 0) is 44.2 Å². The van der Waals surface area contributed by atoms with Gasteiger partial charge in [-0.15, -0.1) is 0 Å². The minimum atomic E-state index is -3.49. The van der Waals surface area contributed by atoms with E-state index in [1.165, 1.54) is 4.31 Å². The first kappa shape index (κ1) is 20.9. The van der Waals surface area contributed by atoms with Crippen molar-refractivity contribution in [3.63, 3.8) is 0 Å². The van der Waals surface area contributed by atoms with E-state index in [4.69, 9.17) is 5.73 Å². The van der Waals surface area contributed by atoms with Crippen LogP contribution < -0.4 is 11.1 Å². The molecule has 0 spiro atoms. The molecule has 0 radical (unpaired) electrons. The highest BCUT2D eigenvalue weighted by Crippen LogP contribution is 2.24. The number of nitrogens with two attached hydrogens (primary N) is 1. The van der Waals surface area contributed by atoms with Crippen LogP contribution in [0.25, 0.3) is 0 Å². The van der Waals surface area contributed by atoms with E-state index in [-0.39, 0.29) is 17.9 Å². The number of aryl methyl sites for hydroxylation is 1. The zero-order valence-electron chi connectivity index (χ0n) is 15.9. The van der Waals surface area contributed by atoms with Crippen LogP contribution in [0.5, 0.6) is 0 Å². The molecule has 0 saturated carbocycles. The number of sulfonamides is 1. The number of piperidine rings is 1. The molecular weight excluding hydrogens is 350 g/mol. The van der Waals surface area contributed by atoms with Crippen molar-refractivity contribution >= 4 is 15.9 Å². The minimum Gasteiger partial charge on any atom is -0.352 e. The average molecular weight is 382 g/mol. The second-order valence-corrected chi connectivity index (χ2v) is 9.50. The maximum Gasteiger partial charge on any atom is 0.243 e. The van der Waals surface area contributed by atoms with Gasteiger partial charge in [-0.25, -0.2) is 8.42 Å². The Kier molecular flexibility index (Phi) is 7.20. The first-order valence-electron chi connectivity index (χ1n) is 9.31. The summed E-state index contributed by atoms with van der Waals surface area (Å²) in [5.74, 6) is 0.305. The number of nitrogens with one attached hydrogen (secondary N) is 1. The van der Waals surface area contributed by atoms with Gasteiger partial charge in [0.05, 0.1) is 4.90 Å². The van der Waals surface area contributed by atoms with Crippen LogP contribution in [0.3, 0.4) is 0 Å². The van der Waals surface area contributed by atoms with E-state index in [0.29, 0.717) is 43.3 Å². The fourth-order valence-corrected chi connectivity index (χ4v) is 4.79. The van der Waals surface area contributed by atoms with Gasteiger partial charge in [-0.1, -0.05) is 31.5 Å². The van der Waals surface area contributed by atoms with Crippen LogP contribution in [0.2, 0.25) is 0 Å². The zero-order chi connectivity index (χ0) is 19.3. The van der Waals surface area contributed by atoms with Gasteiger partial charge >= 0.3 is 0 Å². The Morgan fingerprint density at radius 1 is 1.23 bits per heavy atom. The van der Waals surface area contributed by atoms with E-state index in [0.717, 1.165) is 12.0 Å². The third-order valence-corrected chi connectivity index (χ3v) is 6.78. The van der Waals surface area contributed by atoms with Gasteiger partial charge in [0.25, 0.3) is 0 Å². The molecular formula is C19H31N3O3S. The largest absolute Gasteiger partial charge is 0.352 e. The van der Waals surface area contributed by atoms with Gasteiger partial charge in [0, 0.05) is 31.6 Å². The maximum atomic E-state index is 12.7. The summed E-state index contributed by atoms with van der Waals surface area (Å²) in [5.41, 5.74) is 6.77. The fourth-order valence-electron chi connectivity index (χ4n) is 3.32. The zero-order valence-corrected chi connectivity index (χ0v) is 16.8. The van der Waals surface area contributed by atoms with Crippen molar-refractivity contribution < 1.29 is 13.2 Å². The van der Waals surface area contributed by atoms with Crippen LogP contribution in [0.1, 0.15) is 38.7 Å². The summed E-state index contributed by atoms with van der Waals surface area (Å²) in [5, 5.41) is 3.03. The predicted molar refractivity (Wildman–Crippen MR) is 103 cm³/mol. The number of hydrogen-bond donors (Lipinski definition) is 2. The SMILES string of the molecule is Cc1ccc(S(=O)(=O)N2CCC(C(=O)NC(CN)CC(C)C)CC2)cc1. The third-order valence-electron chi connectivity index (χ3n) is 4.87. The van der Waals surface area contributed by atoms with Crippen molar-refractivity contribution in [3.05, 3.63) is 29.8 Å². The van der Waals surface area contributed by atoms with Crippen molar-refractivity contribution in [2.24, 2.45) is 17.6 Å². The molecule has 7 heteroatoms. The minimum absolute atomic E-state index is 0.00603. The molecule has 1 heterocycles. The first-order chi connectivity index (χ1) is 12.2. The predicted octanol–water partition coefficient (Wildman–Crippen LogP) is 1.89. The number of amides is 1.